The molecule has 14 heteroatoms. The van der Waals surface area contributed by atoms with Crippen molar-refractivity contribution in [2.45, 2.75) is 77.4 Å². The molecule has 216 valence electrons. The average molecular weight is 552 g/mol. The van der Waals surface area contributed by atoms with E-state index in [1.807, 2.05) is 6.92 Å². The Bertz CT molecular complexity index is 1020. The minimum atomic E-state index is -0.451. The maximum Gasteiger partial charge on any atom is 0.308 e. The van der Waals surface area contributed by atoms with Crippen LogP contribution >= 0.6 is 0 Å². The van der Waals surface area contributed by atoms with Crippen LogP contribution in [0.3, 0.4) is 0 Å². The maximum atomic E-state index is 11.6. The fourth-order valence-electron chi connectivity index (χ4n) is 4.50. The molecule has 0 aromatic carbocycles. The zero-order valence-electron chi connectivity index (χ0n) is 22.3. The standard InChI is InChI=1S/C12H17N3O4.C9H16O3.C4H4N2O2/c1-2-19-12(16)9-3-5-10(6-4-9)14-8-11(7-13-14)15(17)18;1-2-12-9(11)7-3-5-8(10)6-4-7;7-6(8)4-1-2-5-3-4/h7-10H,2-6H2,1H3;7-8,10H,2-6H2,1H3;1,3H,2H2. The molecule has 2 heterocycles. The van der Waals surface area contributed by atoms with Gasteiger partial charge in [0.1, 0.15) is 12.4 Å². The number of hydrogen-bond acceptors (Lipinski definition) is 11. The molecule has 2 saturated carbocycles. The SMILES string of the molecule is CCOC(=O)C1CCC(O)CC1.CCOC(=O)C1CCC(n2cc([N+](=O)[O-])cn2)CC1.O=[N+]([O-])C1=CCN=C1. The monoisotopic (exact) mass is 551 g/mol. The van der Waals surface area contributed by atoms with E-state index in [9.17, 15) is 34.9 Å². The molecule has 0 saturated heterocycles. The minimum Gasteiger partial charge on any atom is -0.466 e. The molecule has 0 bridgehead atoms. The molecule has 1 N–H and O–H groups in total. The number of aliphatic hydroxyl groups is 1. The lowest BCUT2D eigenvalue weighted by Crippen LogP contribution is -2.25. The van der Waals surface area contributed by atoms with Crippen molar-refractivity contribution in [1.82, 2.24) is 9.78 Å². The van der Waals surface area contributed by atoms with Crippen molar-refractivity contribution in [2.75, 3.05) is 19.8 Å². The molecule has 2 aliphatic carbocycles. The Morgan fingerprint density at radius 3 is 1.87 bits per heavy atom. The van der Waals surface area contributed by atoms with Crippen LogP contribution in [-0.2, 0) is 19.1 Å². The first-order valence-electron chi connectivity index (χ1n) is 13.2. The number of ether oxygens (including phenoxy) is 2. The van der Waals surface area contributed by atoms with Crippen molar-refractivity contribution in [3.63, 3.8) is 0 Å². The van der Waals surface area contributed by atoms with Crippen LogP contribution in [0.4, 0.5) is 5.69 Å². The van der Waals surface area contributed by atoms with Gasteiger partial charge in [-0.15, -0.1) is 0 Å². The van der Waals surface area contributed by atoms with Crippen molar-refractivity contribution >= 4 is 23.8 Å². The summed E-state index contributed by atoms with van der Waals surface area (Å²) in [5, 5.41) is 33.7. The average Bonchev–Trinajstić information content (AvgIpc) is 3.64. The van der Waals surface area contributed by atoms with E-state index in [0.717, 1.165) is 51.4 Å². The third kappa shape index (κ3) is 10.5. The number of aliphatic hydroxyl groups excluding tert-OH is 1. The number of nitro groups is 2. The Hall–Kier alpha value is -3.68. The molecular formula is C25H37N5O9. The first-order valence-corrected chi connectivity index (χ1v) is 13.2. The van der Waals surface area contributed by atoms with Crippen molar-refractivity contribution in [1.29, 1.82) is 0 Å². The minimum absolute atomic E-state index is 0.00696. The summed E-state index contributed by atoms with van der Waals surface area (Å²) in [5.74, 6) is -0.230. The highest BCUT2D eigenvalue weighted by Gasteiger charge is 2.29. The Morgan fingerprint density at radius 1 is 0.949 bits per heavy atom. The van der Waals surface area contributed by atoms with Crippen LogP contribution in [0.1, 0.15) is 71.3 Å². The van der Waals surface area contributed by atoms with Crippen LogP contribution in [-0.4, -0.2) is 68.7 Å². The molecule has 1 aliphatic heterocycles. The zero-order chi connectivity index (χ0) is 28.8. The van der Waals surface area contributed by atoms with Crippen molar-refractivity contribution in [3.05, 3.63) is 44.4 Å². The number of hydrogen-bond donors (Lipinski definition) is 1. The van der Waals surface area contributed by atoms with Gasteiger partial charge in [-0.25, -0.2) is 0 Å². The highest BCUT2D eigenvalue weighted by atomic mass is 16.6. The summed E-state index contributed by atoms with van der Waals surface area (Å²) in [4.78, 5) is 46.0. The van der Waals surface area contributed by atoms with Gasteiger partial charge in [0.05, 0.1) is 59.8 Å². The molecule has 1 aromatic rings. The number of allylic oxidation sites excluding steroid dienone is 1. The van der Waals surface area contributed by atoms with Gasteiger partial charge in [0, 0.05) is 6.08 Å². The van der Waals surface area contributed by atoms with Crippen LogP contribution < -0.4 is 0 Å². The molecule has 0 amide bonds. The molecular weight excluding hydrogens is 514 g/mol. The van der Waals surface area contributed by atoms with Gasteiger partial charge in [-0.3, -0.25) is 39.5 Å². The van der Waals surface area contributed by atoms with E-state index in [0.29, 0.717) is 19.8 Å². The van der Waals surface area contributed by atoms with E-state index in [4.69, 9.17) is 9.47 Å². The van der Waals surface area contributed by atoms with E-state index in [-0.39, 0.29) is 47.3 Å². The van der Waals surface area contributed by atoms with Crippen LogP contribution in [0.5, 0.6) is 0 Å². The molecule has 0 unspecified atom stereocenters. The molecule has 39 heavy (non-hydrogen) atoms. The smallest absolute Gasteiger partial charge is 0.308 e. The summed E-state index contributed by atoms with van der Waals surface area (Å²) in [6, 6.07) is 0.138. The second-order valence-electron chi connectivity index (χ2n) is 9.33. The lowest BCUT2D eigenvalue weighted by Gasteiger charge is -2.27. The fourth-order valence-corrected chi connectivity index (χ4v) is 4.50. The van der Waals surface area contributed by atoms with Gasteiger partial charge in [0.15, 0.2) is 0 Å². The second-order valence-corrected chi connectivity index (χ2v) is 9.33. The van der Waals surface area contributed by atoms with E-state index in [1.54, 1.807) is 11.6 Å². The molecule has 0 atom stereocenters. The topological polar surface area (TPSA) is 189 Å². The number of carbonyl (C=O) groups is 2. The number of esters is 2. The maximum absolute atomic E-state index is 11.6. The van der Waals surface area contributed by atoms with Gasteiger partial charge < -0.3 is 14.6 Å². The molecule has 4 rings (SSSR count). The number of aromatic nitrogens is 2. The lowest BCUT2D eigenvalue weighted by atomic mass is 9.86. The summed E-state index contributed by atoms with van der Waals surface area (Å²) in [7, 11) is 0. The number of nitrogens with zero attached hydrogens (tertiary/aromatic N) is 5. The second kappa shape index (κ2) is 16.3. The molecule has 0 radical (unpaired) electrons. The van der Waals surface area contributed by atoms with E-state index in [1.165, 1.54) is 24.7 Å². The van der Waals surface area contributed by atoms with Crippen LogP contribution in [0.2, 0.25) is 0 Å². The van der Waals surface area contributed by atoms with Crippen LogP contribution in [0, 0.1) is 32.1 Å². The quantitative estimate of drug-likeness (QED) is 0.298. The van der Waals surface area contributed by atoms with Gasteiger partial charge in [-0.1, -0.05) is 0 Å². The first-order chi connectivity index (χ1) is 18.7. The van der Waals surface area contributed by atoms with Gasteiger partial charge in [0.25, 0.3) is 5.70 Å². The van der Waals surface area contributed by atoms with Crippen LogP contribution in [0.15, 0.2) is 29.2 Å². The summed E-state index contributed by atoms with van der Waals surface area (Å²) in [6.45, 7) is 4.93. The lowest BCUT2D eigenvalue weighted by molar-refractivity contribution is -0.414. The summed E-state index contributed by atoms with van der Waals surface area (Å²) in [5.41, 5.74) is 0.109. The zero-order valence-corrected chi connectivity index (χ0v) is 22.3. The summed E-state index contributed by atoms with van der Waals surface area (Å²) in [6.07, 6.45) is 11.4. The third-order valence-electron chi connectivity index (χ3n) is 6.65. The molecule has 2 fully saturated rings. The number of aliphatic imine (C=N–C) groups is 1. The number of rotatable bonds is 7. The van der Waals surface area contributed by atoms with Gasteiger partial charge in [-0.2, -0.15) is 5.10 Å². The molecule has 0 spiro atoms. The fraction of sp³-hybridized carbons (Fsp3) is 0.680. The molecule has 14 nitrogen and oxygen atoms in total. The van der Waals surface area contributed by atoms with E-state index in [2.05, 4.69) is 10.1 Å². The summed E-state index contributed by atoms with van der Waals surface area (Å²) >= 11 is 0. The first kappa shape index (κ1) is 31.5. The highest BCUT2D eigenvalue weighted by molar-refractivity contribution is 5.77. The highest BCUT2D eigenvalue weighted by Crippen LogP contribution is 2.33. The van der Waals surface area contributed by atoms with Crippen LogP contribution in [0.25, 0.3) is 0 Å². The van der Waals surface area contributed by atoms with Crippen molar-refractivity contribution in [3.8, 4) is 0 Å². The van der Waals surface area contributed by atoms with Gasteiger partial charge >= 0.3 is 17.6 Å². The number of carbonyl (C=O) groups excluding carboxylic acids is 2. The Kier molecular flexibility index (Phi) is 13.2. The van der Waals surface area contributed by atoms with Gasteiger partial charge in [-0.05, 0) is 65.2 Å². The van der Waals surface area contributed by atoms with Crippen molar-refractivity contribution < 1.29 is 34.0 Å². The predicted molar refractivity (Wildman–Crippen MR) is 140 cm³/mol. The Morgan fingerprint density at radius 2 is 1.49 bits per heavy atom. The Labute approximate surface area is 226 Å². The molecule has 1 aromatic heterocycles. The largest absolute Gasteiger partial charge is 0.466 e. The normalized spacial score (nSPS) is 23.7. The third-order valence-corrected chi connectivity index (χ3v) is 6.65. The van der Waals surface area contributed by atoms with Gasteiger partial charge in [0.2, 0.25) is 0 Å². The predicted octanol–water partition coefficient (Wildman–Crippen LogP) is 3.42. The van der Waals surface area contributed by atoms with E-state index < -0.39 is 9.85 Å². The molecule has 3 aliphatic rings. The summed E-state index contributed by atoms with van der Waals surface area (Å²) < 4.78 is 11.5. The van der Waals surface area contributed by atoms with Crippen molar-refractivity contribution in [2.24, 2.45) is 16.8 Å². The Balaban J connectivity index is 0.000000227. The van der Waals surface area contributed by atoms with E-state index >= 15 is 0 Å².